The van der Waals surface area contributed by atoms with Gasteiger partial charge in [-0.25, -0.2) is 4.39 Å². The van der Waals surface area contributed by atoms with E-state index >= 15 is 0 Å². The van der Waals surface area contributed by atoms with Gasteiger partial charge in [0.1, 0.15) is 11.4 Å². The minimum absolute atomic E-state index is 0.0268. The van der Waals surface area contributed by atoms with Crippen LogP contribution in [-0.4, -0.2) is 10.8 Å². The molecule has 5 rings (SSSR count). The van der Waals surface area contributed by atoms with Gasteiger partial charge in [0, 0.05) is 6.54 Å². The molecule has 0 saturated heterocycles. The average molecular weight is 385 g/mol. The van der Waals surface area contributed by atoms with Crippen molar-refractivity contribution in [2.75, 3.05) is 0 Å². The molecule has 1 atom stereocenters. The normalized spacial score (nSPS) is 15.7. The number of fused-ring (bicyclic) bond motifs is 2. The number of hydrogen-bond donors (Lipinski definition) is 0. The Morgan fingerprint density at radius 1 is 0.897 bits per heavy atom. The van der Waals surface area contributed by atoms with Crippen LogP contribution in [0.4, 0.5) is 4.39 Å². The number of carbonyl (C=O) groups excluding carboxylic acids is 1. The van der Waals surface area contributed by atoms with Gasteiger partial charge in [0.2, 0.25) is 5.76 Å². The summed E-state index contributed by atoms with van der Waals surface area (Å²) in [4.78, 5) is 28.2. The van der Waals surface area contributed by atoms with E-state index in [2.05, 4.69) is 0 Å². The Kier molecular flexibility index (Phi) is 4.02. The number of carbonyl (C=O) groups is 1. The minimum Gasteiger partial charge on any atom is -0.450 e. The van der Waals surface area contributed by atoms with E-state index in [1.807, 2.05) is 60.7 Å². The van der Waals surface area contributed by atoms with Crippen molar-refractivity contribution < 1.29 is 13.6 Å². The van der Waals surface area contributed by atoms with Crippen LogP contribution in [0.1, 0.15) is 33.3 Å². The van der Waals surface area contributed by atoms with E-state index < -0.39 is 11.9 Å². The van der Waals surface area contributed by atoms with Crippen molar-refractivity contribution in [2.24, 2.45) is 0 Å². The van der Waals surface area contributed by atoms with Crippen molar-refractivity contribution in [3.05, 3.63) is 117 Å². The molecule has 142 valence electrons. The molecule has 1 amide bonds. The van der Waals surface area contributed by atoms with Gasteiger partial charge in [0.25, 0.3) is 5.91 Å². The second kappa shape index (κ2) is 6.71. The molecule has 29 heavy (non-hydrogen) atoms. The number of amides is 1. The summed E-state index contributed by atoms with van der Waals surface area (Å²) in [6.45, 7) is 0.327. The number of rotatable bonds is 3. The summed E-state index contributed by atoms with van der Waals surface area (Å²) in [5.41, 5.74) is 1.84. The smallest absolute Gasteiger partial charge is 0.291 e. The number of hydrogen-bond acceptors (Lipinski definition) is 3. The Morgan fingerprint density at radius 3 is 2.31 bits per heavy atom. The monoisotopic (exact) mass is 385 g/mol. The maximum Gasteiger partial charge on any atom is 0.291 e. The second-order valence-electron chi connectivity index (χ2n) is 7.05. The van der Waals surface area contributed by atoms with Crippen molar-refractivity contribution in [1.29, 1.82) is 0 Å². The van der Waals surface area contributed by atoms with E-state index in [0.29, 0.717) is 6.54 Å². The van der Waals surface area contributed by atoms with Crippen LogP contribution < -0.4 is 5.43 Å². The molecule has 4 nitrogen and oxygen atoms in total. The zero-order valence-electron chi connectivity index (χ0n) is 15.3. The topological polar surface area (TPSA) is 50.5 Å². The van der Waals surface area contributed by atoms with Crippen LogP contribution in [0, 0.1) is 5.82 Å². The Hall–Kier alpha value is -3.73. The fourth-order valence-corrected chi connectivity index (χ4v) is 3.92. The van der Waals surface area contributed by atoms with Gasteiger partial charge < -0.3 is 9.32 Å². The van der Waals surface area contributed by atoms with Gasteiger partial charge in [-0.15, -0.1) is 0 Å². The second-order valence-corrected chi connectivity index (χ2v) is 7.05. The third kappa shape index (κ3) is 2.83. The van der Waals surface area contributed by atoms with E-state index in [9.17, 15) is 14.0 Å². The molecule has 3 aromatic carbocycles. The maximum absolute atomic E-state index is 13.8. The first-order chi connectivity index (χ1) is 14.1. The molecule has 1 aromatic heterocycles. The zero-order valence-corrected chi connectivity index (χ0v) is 15.3. The molecule has 2 heterocycles. The van der Waals surface area contributed by atoms with Gasteiger partial charge in [0.15, 0.2) is 5.43 Å². The first kappa shape index (κ1) is 17.4. The summed E-state index contributed by atoms with van der Waals surface area (Å²) in [7, 11) is 0. The van der Waals surface area contributed by atoms with Crippen LogP contribution in [0.5, 0.6) is 0 Å². The highest BCUT2D eigenvalue weighted by Crippen LogP contribution is 2.39. The van der Waals surface area contributed by atoms with Crippen molar-refractivity contribution in [3.63, 3.8) is 0 Å². The first-order valence-electron chi connectivity index (χ1n) is 9.29. The highest BCUT2D eigenvalue weighted by molar-refractivity contribution is 5.99. The molecule has 4 aromatic rings. The lowest BCUT2D eigenvalue weighted by Gasteiger charge is -2.25. The van der Waals surface area contributed by atoms with Crippen molar-refractivity contribution in [2.45, 2.75) is 12.6 Å². The third-order valence-electron chi connectivity index (χ3n) is 5.24. The lowest BCUT2D eigenvalue weighted by molar-refractivity contribution is 0.0714. The average Bonchev–Trinajstić information content (AvgIpc) is 3.02. The van der Waals surface area contributed by atoms with E-state index in [1.54, 1.807) is 4.90 Å². The predicted molar refractivity (Wildman–Crippen MR) is 107 cm³/mol. The lowest BCUT2D eigenvalue weighted by Crippen LogP contribution is -2.29. The third-order valence-corrected chi connectivity index (χ3v) is 5.24. The van der Waals surface area contributed by atoms with Crippen molar-refractivity contribution >= 4 is 16.9 Å². The molecular formula is C24H16FNO3. The molecule has 5 heteroatoms. The minimum atomic E-state index is -0.595. The van der Waals surface area contributed by atoms with Crippen LogP contribution in [0.15, 0.2) is 88.1 Å². The number of halogens is 1. The zero-order chi connectivity index (χ0) is 20.0. The van der Waals surface area contributed by atoms with E-state index in [0.717, 1.165) is 17.2 Å². The van der Waals surface area contributed by atoms with E-state index in [-0.39, 0.29) is 33.6 Å². The Bertz CT molecular complexity index is 1280. The van der Waals surface area contributed by atoms with Crippen LogP contribution in [0.25, 0.3) is 11.0 Å². The van der Waals surface area contributed by atoms with Gasteiger partial charge >= 0.3 is 0 Å². The van der Waals surface area contributed by atoms with Gasteiger partial charge in [-0.3, -0.25) is 9.59 Å². The summed E-state index contributed by atoms with van der Waals surface area (Å²) in [5, 5.41) is 0.138. The maximum atomic E-state index is 13.8. The molecule has 1 aliphatic rings. The number of benzene rings is 3. The number of nitrogens with zero attached hydrogens (tertiary/aromatic N) is 1. The fourth-order valence-electron chi connectivity index (χ4n) is 3.92. The molecule has 0 aliphatic carbocycles. The standard InChI is InChI=1S/C24H16FNO3/c25-17-11-12-19-18(13-17)22(27)20-21(16-9-5-2-6-10-16)26(24(28)23(20)29-19)14-15-7-3-1-4-8-15/h1-13,21H,14H2/t21-/m1/s1. The summed E-state index contributed by atoms with van der Waals surface area (Å²) in [6, 6.07) is 22.1. The van der Waals surface area contributed by atoms with Crippen LogP contribution in [0.2, 0.25) is 0 Å². The molecule has 0 spiro atoms. The molecule has 0 fully saturated rings. The molecular weight excluding hydrogens is 369 g/mol. The molecule has 0 unspecified atom stereocenters. The highest BCUT2D eigenvalue weighted by atomic mass is 19.1. The van der Waals surface area contributed by atoms with Crippen molar-refractivity contribution in [1.82, 2.24) is 4.90 Å². The van der Waals surface area contributed by atoms with E-state index in [4.69, 9.17) is 4.42 Å². The first-order valence-corrected chi connectivity index (χ1v) is 9.29. The fraction of sp³-hybridized carbons (Fsp3) is 0.0833. The Balaban J connectivity index is 1.74. The van der Waals surface area contributed by atoms with Crippen LogP contribution in [-0.2, 0) is 6.54 Å². The van der Waals surface area contributed by atoms with Crippen molar-refractivity contribution in [3.8, 4) is 0 Å². The summed E-state index contributed by atoms with van der Waals surface area (Å²) in [6.07, 6.45) is 0. The van der Waals surface area contributed by atoms with Gasteiger partial charge in [-0.05, 0) is 29.3 Å². The van der Waals surface area contributed by atoms with Gasteiger partial charge in [-0.1, -0.05) is 60.7 Å². The quantitative estimate of drug-likeness (QED) is 0.515. The Morgan fingerprint density at radius 2 is 1.59 bits per heavy atom. The molecule has 0 radical (unpaired) electrons. The van der Waals surface area contributed by atoms with Gasteiger partial charge in [-0.2, -0.15) is 0 Å². The lowest BCUT2D eigenvalue weighted by atomic mass is 9.98. The molecule has 0 saturated carbocycles. The molecule has 1 aliphatic heterocycles. The molecule has 0 bridgehead atoms. The van der Waals surface area contributed by atoms with E-state index in [1.165, 1.54) is 12.1 Å². The van der Waals surface area contributed by atoms with Crippen LogP contribution in [0.3, 0.4) is 0 Å². The summed E-state index contributed by atoms with van der Waals surface area (Å²) in [5.74, 6) is -0.841. The van der Waals surface area contributed by atoms with Gasteiger partial charge in [0.05, 0.1) is 17.0 Å². The predicted octanol–water partition coefficient (Wildman–Crippen LogP) is 4.68. The largest absolute Gasteiger partial charge is 0.450 e. The molecule has 0 N–H and O–H groups in total. The van der Waals surface area contributed by atoms with Crippen LogP contribution >= 0.6 is 0 Å². The SMILES string of the molecule is O=C1c2oc3ccc(F)cc3c(=O)c2[C@@H](c2ccccc2)N1Cc1ccccc1. The Labute approximate surface area is 165 Å². The summed E-state index contributed by atoms with van der Waals surface area (Å²) < 4.78 is 19.6. The highest BCUT2D eigenvalue weighted by Gasteiger charge is 2.42. The summed E-state index contributed by atoms with van der Waals surface area (Å²) >= 11 is 0.